The van der Waals surface area contributed by atoms with Gasteiger partial charge in [-0.1, -0.05) is 51.6 Å². The Morgan fingerprint density at radius 3 is 2.67 bits per heavy atom. The lowest BCUT2D eigenvalue weighted by Gasteiger charge is -2.19. The third-order valence-electron chi connectivity index (χ3n) is 8.12. The highest BCUT2D eigenvalue weighted by atomic mass is 19.1. The van der Waals surface area contributed by atoms with Gasteiger partial charge < -0.3 is 15.2 Å². The molecule has 0 radical (unpaired) electrons. The van der Waals surface area contributed by atoms with E-state index in [2.05, 4.69) is 82.5 Å². The summed E-state index contributed by atoms with van der Waals surface area (Å²) in [6, 6.07) is 9.33. The Kier molecular flexibility index (Phi) is 10.2. The second-order valence-electron chi connectivity index (χ2n) is 12.0. The third-order valence-corrected chi connectivity index (χ3v) is 8.12. The van der Waals surface area contributed by atoms with E-state index in [4.69, 9.17) is 4.98 Å². The molecule has 3 N–H and O–H groups in total. The molecule has 0 bridgehead atoms. The lowest BCUT2D eigenvalue weighted by atomic mass is 9.89. The number of nitrogens with zero attached hydrogens (tertiary/aromatic N) is 5. The molecule has 0 saturated carbocycles. The first kappa shape index (κ1) is 32.5. The number of benzene rings is 1. The van der Waals surface area contributed by atoms with Crippen LogP contribution in [0.3, 0.4) is 0 Å². The summed E-state index contributed by atoms with van der Waals surface area (Å²) in [5.41, 5.74) is 8.99. The fourth-order valence-electron chi connectivity index (χ4n) is 5.76. The van der Waals surface area contributed by atoms with Gasteiger partial charge in [0.15, 0.2) is 5.82 Å². The third kappa shape index (κ3) is 7.32. The summed E-state index contributed by atoms with van der Waals surface area (Å²) in [6.45, 7) is 15.2. The van der Waals surface area contributed by atoms with Crippen molar-refractivity contribution in [3.05, 3.63) is 108 Å². The number of fused-ring (bicyclic) bond motifs is 1. The molecule has 238 valence electrons. The molecule has 8 nitrogen and oxygen atoms in total. The van der Waals surface area contributed by atoms with E-state index in [1.54, 1.807) is 36.8 Å². The van der Waals surface area contributed by atoms with Crippen LogP contribution in [0.1, 0.15) is 68.0 Å². The summed E-state index contributed by atoms with van der Waals surface area (Å²) in [5.74, 6) is 0.586. The first-order chi connectivity index (χ1) is 22.2. The molecule has 1 aromatic carbocycles. The van der Waals surface area contributed by atoms with Crippen LogP contribution in [0.2, 0.25) is 0 Å². The number of rotatable bonds is 14. The minimum atomic E-state index is -0.263. The molecule has 5 aromatic rings. The Morgan fingerprint density at radius 1 is 1.11 bits per heavy atom. The predicted molar refractivity (Wildman–Crippen MR) is 187 cm³/mol. The quantitative estimate of drug-likeness (QED) is 0.108. The zero-order chi connectivity index (χ0) is 32.8. The number of aromatic nitrogens is 6. The van der Waals surface area contributed by atoms with Crippen molar-refractivity contribution in [2.45, 2.75) is 52.4 Å². The molecule has 1 atom stereocenters. The summed E-state index contributed by atoms with van der Waals surface area (Å²) >= 11 is 0. The van der Waals surface area contributed by atoms with Crippen LogP contribution in [0.25, 0.3) is 39.3 Å². The zero-order valence-corrected chi connectivity index (χ0v) is 27.4. The van der Waals surface area contributed by atoms with Crippen molar-refractivity contribution in [1.82, 2.24) is 35.0 Å². The van der Waals surface area contributed by atoms with Crippen molar-refractivity contribution in [2.24, 2.45) is 0 Å². The van der Waals surface area contributed by atoms with Gasteiger partial charge in [0, 0.05) is 34.1 Å². The predicted octanol–water partition coefficient (Wildman–Crippen LogP) is 8.65. The Morgan fingerprint density at radius 2 is 1.93 bits per heavy atom. The van der Waals surface area contributed by atoms with Crippen molar-refractivity contribution < 1.29 is 4.39 Å². The van der Waals surface area contributed by atoms with Gasteiger partial charge in [0.2, 0.25) is 0 Å². The van der Waals surface area contributed by atoms with E-state index in [1.165, 1.54) is 0 Å². The normalized spacial score (nSPS) is 12.5. The van der Waals surface area contributed by atoms with Crippen molar-refractivity contribution in [1.29, 1.82) is 0 Å². The van der Waals surface area contributed by atoms with Crippen LogP contribution >= 0.6 is 0 Å². The van der Waals surface area contributed by atoms with Gasteiger partial charge in [-0.05, 0) is 88.1 Å². The van der Waals surface area contributed by atoms with Gasteiger partial charge in [0.05, 0.1) is 35.0 Å². The van der Waals surface area contributed by atoms with Crippen LogP contribution in [0.4, 0.5) is 10.1 Å². The maximum atomic E-state index is 15.1. The van der Waals surface area contributed by atoms with Gasteiger partial charge in [-0.2, -0.15) is 5.10 Å². The van der Waals surface area contributed by atoms with E-state index >= 15 is 4.39 Å². The average molecular weight is 619 g/mol. The Bertz CT molecular complexity index is 1880. The summed E-state index contributed by atoms with van der Waals surface area (Å²) < 4.78 is 15.1. The standard InChI is InChI=1S/C37H43FN8/c1-8-11-23(4)41-30-18-28(20-39-21-30)33-19-32-34(22-40-33)44-45-36(32)37-42-24(5)35(43-37)31(12-9-2)27-15-26(16-29(38)17-27)25(10-3)13-14-46(6)7/h9,12,15-22,25,41H,2,4,8,10-11,13-14H2,1,3,5-7H3,(H,42,43)(H,44,45)/b31-12-. The molecule has 4 aromatic heterocycles. The number of hydrogen-bond donors (Lipinski definition) is 3. The average Bonchev–Trinajstić information content (AvgIpc) is 3.62. The summed E-state index contributed by atoms with van der Waals surface area (Å²) in [7, 11) is 4.12. The van der Waals surface area contributed by atoms with E-state index in [1.807, 2.05) is 25.1 Å². The molecule has 0 aliphatic heterocycles. The lowest BCUT2D eigenvalue weighted by Crippen LogP contribution is -2.16. The molecule has 0 spiro atoms. The fourth-order valence-corrected chi connectivity index (χ4v) is 5.76. The highest BCUT2D eigenvalue weighted by Gasteiger charge is 2.20. The van der Waals surface area contributed by atoms with E-state index < -0.39 is 0 Å². The van der Waals surface area contributed by atoms with Gasteiger partial charge >= 0.3 is 0 Å². The number of anilines is 1. The number of aromatic amines is 2. The molecule has 4 heterocycles. The molecular weight excluding hydrogens is 575 g/mol. The second-order valence-corrected chi connectivity index (χ2v) is 12.0. The zero-order valence-electron chi connectivity index (χ0n) is 27.4. The van der Waals surface area contributed by atoms with Gasteiger partial charge in [-0.15, -0.1) is 0 Å². The maximum absolute atomic E-state index is 15.1. The number of halogens is 1. The van der Waals surface area contributed by atoms with Gasteiger partial charge in [-0.3, -0.25) is 15.1 Å². The Labute approximate surface area is 270 Å². The molecule has 46 heavy (non-hydrogen) atoms. The van der Waals surface area contributed by atoms with Crippen LogP contribution in [0, 0.1) is 12.7 Å². The van der Waals surface area contributed by atoms with E-state index in [9.17, 15) is 0 Å². The van der Waals surface area contributed by atoms with Crippen LogP contribution < -0.4 is 5.32 Å². The van der Waals surface area contributed by atoms with Crippen molar-refractivity contribution in [2.75, 3.05) is 26.0 Å². The largest absolute Gasteiger partial charge is 0.358 e. The number of hydrogen-bond acceptors (Lipinski definition) is 6. The highest BCUT2D eigenvalue weighted by molar-refractivity contribution is 5.93. The van der Waals surface area contributed by atoms with Crippen LogP contribution in [-0.4, -0.2) is 55.7 Å². The Balaban J connectivity index is 1.50. The fraction of sp³-hybridized carbons (Fsp3) is 0.297. The first-order valence-electron chi connectivity index (χ1n) is 15.8. The summed E-state index contributed by atoms with van der Waals surface area (Å²) in [4.78, 5) is 19.7. The molecule has 1 unspecified atom stereocenters. The highest BCUT2D eigenvalue weighted by Crippen LogP contribution is 2.34. The molecule has 0 saturated heterocycles. The number of pyridine rings is 2. The van der Waals surface area contributed by atoms with E-state index in [-0.39, 0.29) is 11.7 Å². The van der Waals surface area contributed by atoms with Crippen molar-refractivity contribution in [3.8, 4) is 22.8 Å². The van der Waals surface area contributed by atoms with Gasteiger partial charge in [-0.25, -0.2) is 9.37 Å². The number of nitrogens with one attached hydrogen (secondary N) is 3. The summed E-state index contributed by atoms with van der Waals surface area (Å²) in [5, 5.41) is 11.9. The molecule has 9 heteroatoms. The van der Waals surface area contributed by atoms with E-state index in [0.717, 1.165) is 88.2 Å². The maximum Gasteiger partial charge on any atom is 0.159 e. The SMILES string of the molecule is C=C/C=C(/c1cc(F)cc(C(CC)CCN(C)C)c1)c1nc(-c2n[nH]c3cnc(-c4cncc(NC(=C)CCC)c4)cc23)[nH]c1C. The lowest BCUT2D eigenvalue weighted by molar-refractivity contribution is 0.377. The van der Waals surface area contributed by atoms with Gasteiger partial charge in [0.25, 0.3) is 0 Å². The Hall–Kier alpha value is -4.89. The van der Waals surface area contributed by atoms with Crippen LogP contribution in [0.5, 0.6) is 0 Å². The topological polar surface area (TPSA) is 98.4 Å². The minimum Gasteiger partial charge on any atom is -0.358 e. The van der Waals surface area contributed by atoms with Crippen molar-refractivity contribution in [3.63, 3.8) is 0 Å². The molecule has 0 aliphatic carbocycles. The smallest absolute Gasteiger partial charge is 0.159 e. The molecule has 0 amide bonds. The molecular formula is C37H43FN8. The molecule has 0 aliphatic rings. The van der Waals surface area contributed by atoms with Crippen LogP contribution in [-0.2, 0) is 0 Å². The number of imidazole rings is 1. The first-order valence-corrected chi connectivity index (χ1v) is 15.8. The van der Waals surface area contributed by atoms with E-state index in [0.29, 0.717) is 17.2 Å². The number of H-pyrrole nitrogens is 2. The van der Waals surface area contributed by atoms with Crippen molar-refractivity contribution >= 4 is 22.2 Å². The monoisotopic (exact) mass is 618 g/mol. The minimum absolute atomic E-state index is 0.248. The number of aryl methyl sites for hydroxylation is 1. The number of allylic oxidation sites excluding steroid dienone is 3. The summed E-state index contributed by atoms with van der Waals surface area (Å²) in [6.07, 6.45) is 12.7. The molecule has 5 rings (SSSR count). The second kappa shape index (κ2) is 14.5. The van der Waals surface area contributed by atoms with Gasteiger partial charge in [0.1, 0.15) is 11.5 Å². The van der Waals surface area contributed by atoms with Crippen LogP contribution in [0.15, 0.2) is 79.9 Å². The molecule has 0 fully saturated rings.